The topological polar surface area (TPSA) is 80.4 Å². The van der Waals surface area contributed by atoms with E-state index in [1.807, 2.05) is 48.5 Å². The van der Waals surface area contributed by atoms with Gasteiger partial charge in [-0.05, 0) is 123 Å². The van der Waals surface area contributed by atoms with Crippen molar-refractivity contribution in [1.29, 1.82) is 0 Å². The number of hydrogen-bond donors (Lipinski definition) is 2. The predicted octanol–water partition coefficient (Wildman–Crippen LogP) is 12.9. The second-order valence-corrected chi connectivity index (χ2v) is 22.3. The summed E-state index contributed by atoms with van der Waals surface area (Å²) in [5, 5.41) is 2.08. The van der Waals surface area contributed by atoms with Crippen LogP contribution in [-0.4, -0.2) is 29.5 Å². The standard InChI is InChI=1S/C33H53P.C12H10N.CH4O3S.Pd/c1-19(2)26-17-27(20(3)4)30(28(18-26)21(5)6)29-24(9)22(7)23(8)25(10)31(29)34(32(11,12)13)33(14,15)16;13-12-9-5-4-8-11(12)10-6-2-1-3-7-10;1-5(2,3)4;/h17-21H,1-16H3;1-6,8-9H,13H2;1H3,(H,2,3,4);/q;-1;;. The van der Waals surface area contributed by atoms with Crippen molar-refractivity contribution >= 4 is 29.0 Å². The van der Waals surface area contributed by atoms with Crippen LogP contribution in [0.15, 0.2) is 60.7 Å². The van der Waals surface area contributed by atoms with Crippen molar-refractivity contribution in [3.63, 3.8) is 0 Å². The van der Waals surface area contributed by atoms with Crippen LogP contribution in [-0.2, 0) is 30.5 Å². The van der Waals surface area contributed by atoms with Crippen molar-refractivity contribution in [2.75, 3.05) is 12.0 Å². The first-order valence-electron chi connectivity index (χ1n) is 18.5. The van der Waals surface area contributed by atoms with Crippen LogP contribution in [0.1, 0.15) is 140 Å². The quantitative estimate of drug-likeness (QED) is 0.0666. The monoisotopic (exact) mass is 850 g/mol. The van der Waals surface area contributed by atoms with Gasteiger partial charge < -0.3 is 5.73 Å². The minimum Gasteiger partial charge on any atom is -0.406 e. The first-order chi connectivity index (χ1) is 23.7. The molecule has 0 spiro atoms. The van der Waals surface area contributed by atoms with Crippen LogP contribution >= 0.6 is 7.92 Å². The molecular formula is C46H67NO3PPdS-. The molecule has 4 aromatic carbocycles. The molecule has 296 valence electrons. The molecule has 0 aliphatic heterocycles. The van der Waals surface area contributed by atoms with Gasteiger partial charge >= 0.3 is 0 Å². The average Bonchev–Trinajstić information content (AvgIpc) is 3.01. The van der Waals surface area contributed by atoms with Crippen LogP contribution in [0.3, 0.4) is 0 Å². The molecule has 0 bridgehead atoms. The molecule has 0 unspecified atom stereocenters. The summed E-state index contributed by atoms with van der Waals surface area (Å²) in [5.41, 5.74) is 22.3. The van der Waals surface area contributed by atoms with Crippen molar-refractivity contribution in [3.8, 4) is 22.3 Å². The normalized spacial score (nSPS) is 12.0. The van der Waals surface area contributed by atoms with E-state index in [0.29, 0.717) is 24.0 Å². The Kier molecular flexibility index (Phi) is 17.9. The fourth-order valence-electron chi connectivity index (χ4n) is 7.10. The smallest absolute Gasteiger partial charge is 0.261 e. The van der Waals surface area contributed by atoms with Gasteiger partial charge in [-0.2, -0.15) is 8.42 Å². The predicted molar refractivity (Wildman–Crippen MR) is 232 cm³/mol. The van der Waals surface area contributed by atoms with Crippen LogP contribution in [0.2, 0.25) is 0 Å². The Labute approximate surface area is 339 Å². The molecule has 4 aromatic rings. The Morgan fingerprint density at radius 1 is 0.679 bits per heavy atom. The molecule has 0 atom stereocenters. The van der Waals surface area contributed by atoms with Crippen molar-refractivity contribution in [3.05, 3.63) is 106 Å². The number of nitrogens with two attached hydrogens (primary N) is 1. The Bertz CT molecular complexity index is 1870. The Hall–Kier alpha value is -2.32. The Morgan fingerprint density at radius 3 is 1.49 bits per heavy atom. The summed E-state index contributed by atoms with van der Waals surface area (Å²) in [5.74, 6) is 1.50. The van der Waals surface area contributed by atoms with E-state index in [0.717, 1.165) is 16.8 Å². The first-order valence-corrected chi connectivity index (χ1v) is 21.7. The second-order valence-electron chi connectivity index (χ2n) is 17.0. The molecule has 0 amide bonds. The van der Waals surface area contributed by atoms with Crippen molar-refractivity contribution < 1.29 is 33.4 Å². The molecule has 7 heteroatoms. The zero-order chi connectivity index (χ0) is 40.1. The van der Waals surface area contributed by atoms with Gasteiger partial charge in [0.05, 0.1) is 6.26 Å². The SMILES string of the molecule is CS(=O)(=O)O.Cc1c(C)c(C)c(P(C(C)(C)C)C(C)(C)C)c(-c2c(C(C)C)cc(C(C)C)cc2C(C)C)c1C.Nc1ccccc1-c1[c-]cccc1.[Pd]. The summed E-state index contributed by atoms with van der Waals surface area (Å²) in [4.78, 5) is 0. The van der Waals surface area contributed by atoms with Crippen LogP contribution in [0.4, 0.5) is 5.69 Å². The Balaban J connectivity index is 0.000000603. The van der Waals surface area contributed by atoms with Crippen LogP contribution in [0.25, 0.3) is 22.3 Å². The van der Waals surface area contributed by atoms with Gasteiger partial charge in [-0.1, -0.05) is 127 Å². The van der Waals surface area contributed by atoms with Gasteiger partial charge in [-0.25, -0.2) is 0 Å². The number of para-hydroxylation sites is 1. The maximum absolute atomic E-state index is 9.19. The summed E-state index contributed by atoms with van der Waals surface area (Å²) in [7, 11) is -4.10. The minimum atomic E-state index is -3.67. The summed E-state index contributed by atoms with van der Waals surface area (Å²) < 4.78 is 25.9. The molecule has 0 heterocycles. The first kappa shape index (κ1) is 48.7. The molecule has 0 aliphatic carbocycles. The van der Waals surface area contributed by atoms with E-state index in [1.165, 1.54) is 44.5 Å². The molecule has 0 fully saturated rings. The van der Waals surface area contributed by atoms with Crippen LogP contribution in [0, 0.1) is 33.8 Å². The maximum Gasteiger partial charge on any atom is 0.261 e. The molecule has 0 aromatic heterocycles. The number of rotatable bonds is 6. The van der Waals surface area contributed by atoms with Gasteiger partial charge in [0.1, 0.15) is 0 Å². The molecule has 4 nitrogen and oxygen atoms in total. The van der Waals surface area contributed by atoms with Crippen LogP contribution in [0.5, 0.6) is 0 Å². The van der Waals surface area contributed by atoms with E-state index >= 15 is 0 Å². The van der Waals surface area contributed by atoms with Gasteiger partial charge in [0.25, 0.3) is 10.1 Å². The van der Waals surface area contributed by atoms with E-state index in [2.05, 4.69) is 129 Å². The van der Waals surface area contributed by atoms with Crippen molar-refractivity contribution in [1.82, 2.24) is 0 Å². The number of benzene rings is 4. The molecule has 3 N–H and O–H groups in total. The number of hydrogen-bond acceptors (Lipinski definition) is 3. The molecular weight excluding hydrogens is 784 g/mol. The largest absolute Gasteiger partial charge is 0.406 e. The zero-order valence-corrected chi connectivity index (χ0v) is 38.8. The number of anilines is 1. The second kappa shape index (κ2) is 19.5. The zero-order valence-electron chi connectivity index (χ0n) is 35.5. The van der Waals surface area contributed by atoms with Gasteiger partial charge in [-0.15, -0.1) is 35.9 Å². The summed E-state index contributed by atoms with van der Waals surface area (Å²) in [6.07, 6.45) is 0.715. The summed E-state index contributed by atoms with van der Waals surface area (Å²) in [6.45, 7) is 38.5. The van der Waals surface area contributed by atoms with E-state index in [9.17, 15) is 8.42 Å². The van der Waals surface area contributed by atoms with Crippen LogP contribution < -0.4 is 11.0 Å². The molecule has 0 aliphatic rings. The van der Waals surface area contributed by atoms with Crippen molar-refractivity contribution in [2.45, 2.75) is 139 Å². The molecule has 0 radical (unpaired) electrons. The fourth-order valence-corrected chi connectivity index (χ4v) is 11.5. The fraction of sp³-hybridized carbons (Fsp3) is 0.478. The Morgan fingerprint density at radius 2 is 1.11 bits per heavy atom. The summed E-state index contributed by atoms with van der Waals surface area (Å²) >= 11 is 0. The maximum atomic E-state index is 9.19. The van der Waals surface area contributed by atoms with Gasteiger partial charge in [-0.3, -0.25) is 4.55 Å². The third-order valence-corrected chi connectivity index (χ3v) is 13.3. The summed E-state index contributed by atoms with van der Waals surface area (Å²) in [6, 6.07) is 23.8. The average molecular weight is 852 g/mol. The molecule has 0 saturated carbocycles. The minimum absolute atomic E-state index is 0. The molecule has 0 saturated heterocycles. The van der Waals surface area contributed by atoms with E-state index in [4.69, 9.17) is 10.3 Å². The molecule has 53 heavy (non-hydrogen) atoms. The van der Waals surface area contributed by atoms with Gasteiger partial charge in [0.15, 0.2) is 0 Å². The van der Waals surface area contributed by atoms with Gasteiger partial charge in [0, 0.05) is 20.4 Å². The van der Waals surface area contributed by atoms with E-state index < -0.39 is 18.0 Å². The van der Waals surface area contributed by atoms with E-state index in [-0.39, 0.29) is 30.7 Å². The van der Waals surface area contributed by atoms with Crippen molar-refractivity contribution in [2.24, 2.45) is 0 Å². The molecule has 4 rings (SSSR count). The third kappa shape index (κ3) is 13.1. The number of nitrogen functional groups attached to an aromatic ring is 1. The van der Waals surface area contributed by atoms with Gasteiger partial charge in [0.2, 0.25) is 0 Å². The third-order valence-electron chi connectivity index (χ3n) is 9.56. The van der Waals surface area contributed by atoms with E-state index in [1.54, 1.807) is 10.9 Å².